The first kappa shape index (κ1) is 12.2. The van der Waals surface area contributed by atoms with Crippen molar-refractivity contribution >= 4 is 17.7 Å². The summed E-state index contributed by atoms with van der Waals surface area (Å²) in [6.45, 7) is 5.91. The molecule has 0 atom stereocenters. The molecule has 0 aromatic carbocycles. The standard InChI is InChI=1S/C12H16N2O2/c1-4-16-11(15)6-5-10-12(13)8(2)7-9(3)14-10/h5-7H,4,13H2,1-3H3/b6-5+. The molecule has 0 unspecified atom stereocenters. The Kier molecular flexibility index (Phi) is 4.05. The molecule has 0 aliphatic heterocycles. The molecule has 0 saturated carbocycles. The van der Waals surface area contributed by atoms with Crippen molar-refractivity contribution in [3.05, 3.63) is 29.1 Å². The molecule has 86 valence electrons. The number of pyridine rings is 1. The number of rotatable bonds is 3. The fraction of sp³-hybridized carbons (Fsp3) is 0.333. The van der Waals surface area contributed by atoms with Gasteiger partial charge in [-0.05, 0) is 38.5 Å². The number of anilines is 1. The Morgan fingerprint density at radius 3 is 2.88 bits per heavy atom. The Labute approximate surface area is 95.1 Å². The van der Waals surface area contributed by atoms with Gasteiger partial charge in [0.15, 0.2) is 0 Å². The van der Waals surface area contributed by atoms with Crippen molar-refractivity contribution in [1.29, 1.82) is 0 Å². The van der Waals surface area contributed by atoms with E-state index in [-0.39, 0.29) is 5.97 Å². The number of aromatic nitrogens is 1. The number of carbonyl (C=O) groups is 1. The van der Waals surface area contributed by atoms with E-state index in [2.05, 4.69) is 4.98 Å². The minimum atomic E-state index is -0.386. The lowest BCUT2D eigenvalue weighted by Crippen LogP contribution is -2.01. The molecule has 0 saturated heterocycles. The third kappa shape index (κ3) is 3.08. The van der Waals surface area contributed by atoms with E-state index in [0.717, 1.165) is 11.3 Å². The molecular weight excluding hydrogens is 204 g/mol. The van der Waals surface area contributed by atoms with E-state index >= 15 is 0 Å². The lowest BCUT2D eigenvalue weighted by molar-refractivity contribution is -0.137. The van der Waals surface area contributed by atoms with Gasteiger partial charge in [-0.25, -0.2) is 4.79 Å². The first-order chi connectivity index (χ1) is 7.54. The van der Waals surface area contributed by atoms with Crippen LogP contribution in [0.2, 0.25) is 0 Å². The monoisotopic (exact) mass is 220 g/mol. The molecule has 4 heteroatoms. The topological polar surface area (TPSA) is 65.2 Å². The summed E-state index contributed by atoms with van der Waals surface area (Å²) >= 11 is 0. The summed E-state index contributed by atoms with van der Waals surface area (Å²) < 4.78 is 4.77. The van der Waals surface area contributed by atoms with Crippen LogP contribution in [0.5, 0.6) is 0 Å². The Morgan fingerprint density at radius 2 is 2.25 bits per heavy atom. The van der Waals surface area contributed by atoms with E-state index in [1.165, 1.54) is 6.08 Å². The van der Waals surface area contributed by atoms with Crippen LogP contribution < -0.4 is 5.73 Å². The van der Waals surface area contributed by atoms with Crippen LogP contribution in [0, 0.1) is 13.8 Å². The molecule has 4 nitrogen and oxygen atoms in total. The van der Waals surface area contributed by atoms with Crippen LogP contribution >= 0.6 is 0 Å². The third-order valence-electron chi connectivity index (χ3n) is 2.09. The van der Waals surface area contributed by atoms with Crippen molar-refractivity contribution < 1.29 is 9.53 Å². The van der Waals surface area contributed by atoms with E-state index in [9.17, 15) is 4.79 Å². The van der Waals surface area contributed by atoms with Gasteiger partial charge in [0, 0.05) is 11.8 Å². The number of nitrogen functional groups attached to an aromatic ring is 1. The van der Waals surface area contributed by atoms with Crippen LogP contribution in [0.3, 0.4) is 0 Å². The molecule has 0 amide bonds. The summed E-state index contributed by atoms with van der Waals surface area (Å²) in [6.07, 6.45) is 2.91. The van der Waals surface area contributed by atoms with Gasteiger partial charge < -0.3 is 10.5 Å². The maximum atomic E-state index is 11.1. The van der Waals surface area contributed by atoms with Crippen molar-refractivity contribution in [2.45, 2.75) is 20.8 Å². The minimum Gasteiger partial charge on any atom is -0.463 e. The Balaban J connectivity index is 2.93. The SMILES string of the molecule is CCOC(=O)/C=C/c1nc(C)cc(C)c1N. The molecule has 16 heavy (non-hydrogen) atoms. The van der Waals surface area contributed by atoms with Crippen LogP contribution in [0.1, 0.15) is 23.9 Å². The van der Waals surface area contributed by atoms with Crippen molar-refractivity contribution in [3.63, 3.8) is 0 Å². The van der Waals surface area contributed by atoms with Gasteiger partial charge in [-0.15, -0.1) is 0 Å². The molecule has 0 fully saturated rings. The minimum absolute atomic E-state index is 0.360. The number of aryl methyl sites for hydroxylation is 2. The molecule has 0 radical (unpaired) electrons. The van der Waals surface area contributed by atoms with Gasteiger partial charge in [0.1, 0.15) is 0 Å². The first-order valence-corrected chi connectivity index (χ1v) is 5.13. The Hall–Kier alpha value is -1.84. The number of carbonyl (C=O) groups excluding carboxylic acids is 1. The number of hydrogen-bond acceptors (Lipinski definition) is 4. The van der Waals surface area contributed by atoms with Gasteiger partial charge >= 0.3 is 5.97 Å². The van der Waals surface area contributed by atoms with Gasteiger partial charge in [-0.2, -0.15) is 0 Å². The average molecular weight is 220 g/mol. The zero-order valence-corrected chi connectivity index (χ0v) is 9.78. The lowest BCUT2D eigenvalue weighted by atomic mass is 10.1. The molecule has 0 spiro atoms. The van der Waals surface area contributed by atoms with E-state index in [4.69, 9.17) is 10.5 Å². The van der Waals surface area contributed by atoms with Crippen molar-refractivity contribution in [1.82, 2.24) is 4.98 Å². The highest BCUT2D eigenvalue weighted by Crippen LogP contribution is 2.17. The summed E-state index contributed by atoms with van der Waals surface area (Å²) in [5.41, 5.74) is 8.86. The largest absolute Gasteiger partial charge is 0.463 e. The molecule has 1 rings (SSSR count). The first-order valence-electron chi connectivity index (χ1n) is 5.13. The molecule has 1 aromatic heterocycles. The lowest BCUT2D eigenvalue weighted by Gasteiger charge is -2.05. The van der Waals surface area contributed by atoms with Gasteiger partial charge in [-0.3, -0.25) is 4.98 Å². The molecule has 0 bridgehead atoms. The summed E-state index contributed by atoms with van der Waals surface area (Å²) in [6, 6.07) is 1.90. The molecule has 1 aromatic rings. The maximum absolute atomic E-state index is 11.1. The van der Waals surface area contributed by atoms with Gasteiger partial charge in [0.05, 0.1) is 18.0 Å². The smallest absolute Gasteiger partial charge is 0.330 e. The molecule has 1 heterocycles. The summed E-state index contributed by atoms with van der Waals surface area (Å²) in [4.78, 5) is 15.4. The van der Waals surface area contributed by atoms with Crippen LogP contribution in [0.25, 0.3) is 6.08 Å². The Bertz CT molecular complexity index is 425. The highest BCUT2D eigenvalue weighted by Gasteiger charge is 2.03. The fourth-order valence-corrected chi connectivity index (χ4v) is 1.34. The summed E-state index contributed by atoms with van der Waals surface area (Å²) in [5.74, 6) is -0.386. The van der Waals surface area contributed by atoms with Crippen molar-refractivity contribution in [3.8, 4) is 0 Å². The van der Waals surface area contributed by atoms with Crippen molar-refractivity contribution in [2.75, 3.05) is 12.3 Å². The number of ether oxygens (including phenoxy) is 1. The second-order valence-electron chi connectivity index (χ2n) is 3.46. The average Bonchev–Trinajstić information content (AvgIpc) is 2.21. The predicted octanol–water partition coefficient (Wildman–Crippen LogP) is 1.86. The van der Waals surface area contributed by atoms with Crippen molar-refractivity contribution in [2.24, 2.45) is 0 Å². The van der Waals surface area contributed by atoms with Gasteiger partial charge in [0.2, 0.25) is 0 Å². The second-order valence-corrected chi connectivity index (χ2v) is 3.46. The number of esters is 1. The third-order valence-corrected chi connectivity index (χ3v) is 2.09. The van der Waals surface area contributed by atoms with E-state index in [0.29, 0.717) is 18.0 Å². The predicted molar refractivity (Wildman–Crippen MR) is 63.8 cm³/mol. The zero-order valence-electron chi connectivity index (χ0n) is 9.78. The van der Waals surface area contributed by atoms with E-state index in [1.54, 1.807) is 13.0 Å². The van der Waals surface area contributed by atoms with Crippen LogP contribution in [-0.4, -0.2) is 17.6 Å². The van der Waals surface area contributed by atoms with Gasteiger partial charge in [0.25, 0.3) is 0 Å². The molecular formula is C12H16N2O2. The summed E-state index contributed by atoms with van der Waals surface area (Å²) in [5, 5.41) is 0. The fourth-order valence-electron chi connectivity index (χ4n) is 1.34. The second kappa shape index (κ2) is 5.30. The normalized spacial score (nSPS) is 10.7. The maximum Gasteiger partial charge on any atom is 0.330 e. The molecule has 0 aliphatic carbocycles. The van der Waals surface area contributed by atoms with Crippen LogP contribution in [-0.2, 0) is 9.53 Å². The number of nitrogens with two attached hydrogens (primary N) is 1. The van der Waals surface area contributed by atoms with E-state index < -0.39 is 0 Å². The van der Waals surface area contributed by atoms with Gasteiger partial charge in [-0.1, -0.05) is 0 Å². The number of hydrogen-bond donors (Lipinski definition) is 1. The Morgan fingerprint density at radius 1 is 1.56 bits per heavy atom. The quantitative estimate of drug-likeness (QED) is 0.623. The molecule has 2 N–H and O–H groups in total. The summed E-state index contributed by atoms with van der Waals surface area (Å²) in [7, 11) is 0. The number of nitrogens with zero attached hydrogens (tertiary/aromatic N) is 1. The highest BCUT2D eigenvalue weighted by molar-refractivity contribution is 5.87. The van der Waals surface area contributed by atoms with E-state index in [1.807, 2.05) is 19.9 Å². The van der Waals surface area contributed by atoms with Crippen LogP contribution in [0.15, 0.2) is 12.1 Å². The highest BCUT2D eigenvalue weighted by atomic mass is 16.5. The zero-order chi connectivity index (χ0) is 12.1. The van der Waals surface area contributed by atoms with Crippen LogP contribution in [0.4, 0.5) is 5.69 Å². The molecule has 0 aliphatic rings.